The molecule has 0 radical (unpaired) electrons. The molecule has 28 heavy (non-hydrogen) atoms. The van der Waals surface area contributed by atoms with Crippen molar-refractivity contribution in [3.8, 4) is 0 Å². The molecule has 0 bridgehead atoms. The normalized spacial score (nSPS) is 10.2. The molecular weight excluding hydrogens is 354 g/mol. The predicted molar refractivity (Wildman–Crippen MR) is 109 cm³/mol. The lowest BCUT2D eigenvalue weighted by Crippen LogP contribution is -2.13. The average Bonchev–Trinajstić information content (AvgIpc) is 2.70. The van der Waals surface area contributed by atoms with E-state index in [9.17, 15) is 9.59 Å². The number of nitrogens with zero attached hydrogens (tertiary/aromatic N) is 1. The van der Waals surface area contributed by atoms with Gasteiger partial charge in [0.15, 0.2) is 0 Å². The van der Waals surface area contributed by atoms with Gasteiger partial charge in [0.25, 0.3) is 5.91 Å². The summed E-state index contributed by atoms with van der Waals surface area (Å²) in [6, 6.07) is 17.9. The number of ether oxygens (including phenoxy) is 1. The molecular formula is C22H21N3O3. The Hall–Kier alpha value is -3.67. The van der Waals surface area contributed by atoms with E-state index in [2.05, 4.69) is 15.6 Å². The lowest BCUT2D eigenvalue weighted by Gasteiger charge is -2.09. The van der Waals surface area contributed by atoms with Crippen LogP contribution in [0, 0.1) is 6.92 Å². The number of rotatable bonds is 6. The molecule has 6 nitrogen and oxygen atoms in total. The van der Waals surface area contributed by atoms with Crippen molar-refractivity contribution >= 4 is 29.1 Å². The fourth-order valence-corrected chi connectivity index (χ4v) is 2.62. The molecule has 0 saturated heterocycles. The zero-order valence-electron chi connectivity index (χ0n) is 15.7. The molecule has 1 amide bonds. The lowest BCUT2D eigenvalue weighted by molar-refractivity contribution is 0.0526. The number of hydrogen-bond acceptors (Lipinski definition) is 5. The number of esters is 1. The Kier molecular flexibility index (Phi) is 6.01. The first kappa shape index (κ1) is 19.1. The van der Waals surface area contributed by atoms with Crippen LogP contribution in [0.4, 0.5) is 17.2 Å². The summed E-state index contributed by atoms with van der Waals surface area (Å²) in [6.45, 7) is 4.01. The van der Waals surface area contributed by atoms with Crippen molar-refractivity contribution in [3.63, 3.8) is 0 Å². The topological polar surface area (TPSA) is 80.3 Å². The number of nitrogens with one attached hydrogen (secondary N) is 2. The molecule has 0 fully saturated rings. The number of amides is 1. The molecule has 0 atom stereocenters. The van der Waals surface area contributed by atoms with Gasteiger partial charge < -0.3 is 15.4 Å². The number of anilines is 3. The van der Waals surface area contributed by atoms with Crippen LogP contribution in [0.25, 0.3) is 0 Å². The third kappa shape index (κ3) is 4.73. The second-order valence-corrected chi connectivity index (χ2v) is 6.12. The van der Waals surface area contributed by atoms with Crippen molar-refractivity contribution in [1.29, 1.82) is 0 Å². The molecule has 6 heteroatoms. The Morgan fingerprint density at radius 2 is 1.68 bits per heavy atom. The maximum atomic E-state index is 12.4. The second kappa shape index (κ2) is 8.81. The van der Waals surface area contributed by atoms with Gasteiger partial charge in [-0.05, 0) is 61.9 Å². The highest BCUT2D eigenvalue weighted by Gasteiger charge is 2.09. The fourth-order valence-electron chi connectivity index (χ4n) is 2.62. The molecule has 3 rings (SSSR count). The Morgan fingerprint density at radius 3 is 2.32 bits per heavy atom. The highest BCUT2D eigenvalue weighted by molar-refractivity contribution is 6.05. The minimum atomic E-state index is -0.346. The van der Waals surface area contributed by atoms with E-state index in [1.165, 1.54) is 0 Å². The monoisotopic (exact) mass is 375 g/mol. The molecule has 0 unspecified atom stereocenters. The summed E-state index contributed by atoms with van der Waals surface area (Å²) in [5.74, 6) is 0.105. The molecule has 3 aromatic rings. The molecule has 0 saturated carbocycles. The van der Waals surface area contributed by atoms with Crippen LogP contribution in [0.3, 0.4) is 0 Å². The van der Waals surface area contributed by atoms with Crippen molar-refractivity contribution < 1.29 is 14.3 Å². The molecule has 142 valence electrons. The molecule has 0 aliphatic rings. The van der Waals surface area contributed by atoms with Crippen LogP contribution in [0.1, 0.15) is 33.2 Å². The number of carbonyl (C=O) groups is 2. The SMILES string of the molecule is CCOC(=O)c1ccc(Nc2ccc(NC(=O)c3ccccc3C)cn2)cc1. The smallest absolute Gasteiger partial charge is 0.338 e. The van der Waals surface area contributed by atoms with Gasteiger partial charge in [-0.2, -0.15) is 0 Å². The van der Waals surface area contributed by atoms with Crippen LogP contribution in [0.5, 0.6) is 0 Å². The van der Waals surface area contributed by atoms with E-state index in [1.807, 2.05) is 25.1 Å². The van der Waals surface area contributed by atoms with Crippen molar-refractivity contribution in [1.82, 2.24) is 4.98 Å². The largest absolute Gasteiger partial charge is 0.462 e. The number of benzene rings is 2. The summed E-state index contributed by atoms with van der Waals surface area (Å²) in [6.07, 6.45) is 1.59. The Bertz CT molecular complexity index is 967. The molecule has 2 aromatic carbocycles. The van der Waals surface area contributed by atoms with E-state index < -0.39 is 0 Å². The number of aryl methyl sites for hydroxylation is 1. The number of hydrogen-bond donors (Lipinski definition) is 2. The first-order chi connectivity index (χ1) is 13.6. The number of carbonyl (C=O) groups excluding carboxylic acids is 2. The van der Waals surface area contributed by atoms with Crippen molar-refractivity contribution in [2.24, 2.45) is 0 Å². The van der Waals surface area contributed by atoms with Gasteiger partial charge in [0.1, 0.15) is 5.82 Å². The minimum Gasteiger partial charge on any atom is -0.462 e. The Balaban J connectivity index is 1.62. The molecule has 0 aliphatic carbocycles. The second-order valence-electron chi connectivity index (χ2n) is 6.12. The fraction of sp³-hybridized carbons (Fsp3) is 0.136. The van der Waals surface area contributed by atoms with Crippen molar-refractivity contribution in [2.75, 3.05) is 17.2 Å². The van der Waals surface area contributed by atoms with Crippen LogP contribution < -0.4 is 10.6 Å². The summed E-state index contributed by atoms with van der Waals surface area (Å²) in [4.78, 5) is 28.3. The average molecular weight is 375 g/mol. The van der Waals surface area contributed by atoms with Crippen LogP contribution in [0.2, 0.25) is 0 Å². The minimum absolute atomic E-state index is 0.171. The van der Waals surface area contributed by atoms with E-state index >= 15 is 0 Å². The summed E-state index contributed by atoms with van der Waals surface area (Å²) in [5.41, 5.74) is 3.44. The zero-order chi connectivity index (χ0) is 19.9. The highest BCUT2D eigenvalue weighted by atomic mass is 16.5. The van der Waals surface area contributed by atoms with Gasteiger partial charge in [-0.3, -0.25) is 4.79 Å². The lowest BCUT2D eigenvalue weighted by atomic mass is 10.1. The van der Waals surface area contributed by atoms with Gasteiger partial charge in [0, 0.05) is 11.3 Å². The van der Waals surface area contributed by atoms with E-state index in [1.54, 1.807) is 55.6 Å². The van der Waals surface area contributed by atoms with Crippen molar-refractivity contribution in [3.05, 3.63) is 83.6 Å². The summed E-state index contributed by atoms with van der Waals surface area (Å²) in [5, 5.41) is 5.99. The van der Waals surface area contributed by atoms with Gasteiger partial charge in [-0.1, -0.05) is 18.2 Å². The summed E-state index contributed by atoms with van der Waals surface area (Å²) >= 11 is 0. The number of aromatic nitrogens is 1. The molecule has 2 N–H and O–H groups in total. The predicted octanol–water partition coefficient (Wildman–Crippen LogP) is 4.56. The van der Waals surface area contributed by atoms with E-state index in [0.717, 1.165) is 11.3 Å². The van der Waals surface area contributed by atoms with Gasteiger partial charge >= 0.3 is 5.97 Å². The van der Waals surface area contributed by atoms with Crippen LogP contribution in [-0.2, 0) is 4.74 Å². The first-order valence-corrected chi connectivity index (χ1v) is 8.94. The van der Waals surface area contributed by atoms with Gasteiger partial charge in [-0.25, -0.2) is 9.78 Å². The summed E-state index contributed by atoms with van der Waals surface area (Å²) in [7, 11) is 0. The Labute approximate surface area is 163 Å². The van der Waals surface area contributed by atoms with Gasteiger partial charge in [-0.15, -0.1) is 0 Å². The van der Waals surface area contributed by atoms with E-state index in [4.69, 9.17) is 4.74 Å². The highest BCUT2D eigenvalue weighted by Crippen LogP contribution is 2.18. The molecule has 0 aliphatic heterocycles. The van der Waals surface area contributed by atoms with Crippen LogP contribution >= 0.6 is 0 Å². The molecule has 1 aromatic heterocycles. The van der Waals surface area contributed by atoms with Gasteiger partial charge in [0.05, 0.1) is 24.1 Å². The quantitative estimate of drug-likeness (QED) is 0.617. The molecule has 1 heterocycles. The van der Waals surface area contributed by atoms with E-state index in [-0.39, 0.29) is 11.9 Å². The third-order valence-electron chi connectivity index (χ3n) is 4.08. The summed E-state index contributed by atoms with van der Waals surface area (Å²) < 4.78 is 4.96. The molecule has 0 spiro atoms. The standard InChI is InChI=1S/C22H21N3O3/c1-3-28-22(27)16-8-10-17(11-9-16)24-20-13-12-18(14-23-20)25-21(26)19-7-5-4-6-15(19)2/h4-14H,3H2,1-2H3,(H,23,24)(H,25,26). The van der Waals surface area contributed by atoms with Gasteiger partial charge in [0.2, 0.25) is 0 Å². The zero-order valence-corrected chi connectivity index (χ0v) is 15.7. The van der Waals surface area contributed by atoms with Crippen LogP contribution in [-0.4, -0.2) is 23.5 Å². The first-order valence-electron chi connectivity index (χ1n) is 8.94. The maximum absolute atomic E-state index is 12.4. The van der Waals surface area contributed by atoms with E-state index in [0.29, 0.717) is 29.2 Å². The Morgan fingerprint density at radius 1 is 0.964 bits per heavy atom. The number of pyridine rings is 1. The van der Waals surface area contributed by atoms with Crippen LogP contribution in [0.15, 0.2) is 66.9 Å². The maximum Gasteiger partial charge on any atom is 0.338 e. The third-order valence-corrected chi connectivity index (χ3v) is 4.08. The van der Waals surface area contributed by atoms with Crippen molar-refractivity contribution in [2.45, 2.75) is 13.8 Å².